The lowest BCUT2D eigenvalue weighted by Crippen LogP contribution is -2.12. The molecule has 14 heavy (non-hydrogen) atoms. The monoisotopic (exact) mass is 191 g/mol. The van der Waals surface area contributed by atoms with Gasteiger partial charge < -0.3 is 16.4 Å². The van der Waals surface area contributed by atoms with Crippen molar-refractivity contribution in [2.45, 2.75) is 13.5 Å². The summed E-state index contributed by atoms with van der Waals surface area (Å²) in [6, 6.07) is 3.67. The maximum Gasteiger partial charge on any atom is 0.251 e. The van der Waals surface area contributed by atoms with Gasteiger partial charge in [-0.1, -0.05) is 0 Å². The molecule has 0 saturated carbocycles. The average molecular weight is 191 g/mol. The van der Waals surface area contributed by atoms with E-state index < -0.39 is 0 Å². The Kier molecular flexibility index (Phi) is 2.04. The van der Waals surface area contributed by atoms with Gasteiger partial charge in [-0.2, -0.15) is 0 Å². The normalized spacial score (nSPS) is 13.6. The molecule has 0 aromatic heterocycles. The van der Waals surface area contributed by atoms with Crippen molar-refractivity contribution in [3.63, 3.8) is 0 Å². The quantitative estimate of drug-likeness (QED) is 0.609. The SMILES string of the molecule is CCNc1cc2c(cc1N)C(=O)NC2. The van der Waals surface area contributed by atoms with Crippen molar-refractivity contribution in [3.05, 3.63) is 23.3 Å². The van der Waals surface area contributed by atoms with E-state index in [1.54, 1.807) is 6.07 Å². The van der Waals surface area contributed by atoms with Crippen molar-refractivity contribution in [2.75, 3.05) is 17.6 Å². The lowest BCUT2D eigenvalue weighted by Gasteiger charge is -2.08. The predicted octanol–water partition coefficient (Wildman–Crippen LogP) is 0.944. The Morgan fingerprint density at radius 3 is 3.07 bits per heavy atom. The molecule has 4 heteroatoms. The van der Waals surface area contributed by atoms with E-state index in [2.05, 4.69) is 10.6 Å². The van der Waals surface area contributed by atoms with Crippen molar-refractivity contribution in [1.82, 2.24) is 5.32 Å². The van der Waals surface area contributed by atoms with Crippen LogP contribution in [0.15, 0.2) is 12.1 Å². The first-order valence-corrected chi connectivity index (χ1v) is 4.67. The van der Waals surface area contributed by atoms with E-state index >= 15 is 0 Å². The number of amides is 1. The fourth-order valence-electron chi connectivity index (χ4n) is 1.63. The molecule has 0 atom stereocenters. The second kappa shape index (κ2) is 3.21. The van der Waals surface area contributed by atoms with Crippen LogP contribution in [0.3, 0.4) is 0 Å². The first kappa shape index (κ1) is 8.87. The molecular weight excluding hydrogens is 178 g/mol. The van der Waals surface area contributed by atoms with Crippen molar-refractivity contribution in [1.29, 1.82) is 0 Å². The van der Waals surface area contributed by atoms with Crippen LogP contribution in [0.2, 0.25) is 0 Å². The molecule has 1 heterocycles. The summed E-state index contributed by atoms with van der Waals surface area (Å²) in [5, 5.41) is 5.92. The lowest BCUT2D eigenvalue weighted by atomic mass is 10.1. The van der Waals surface area contributed by atoms with E-state index in [1.807, 2.05) is 13.0 Å². The third-order valence-corrected chi connectivity index (χ3v) is 2.33. The van der Waals surface area contributed by atoms with Crippen LogP contribution in [0.4, 0.5) is 11.4 Å². The first-order chi connectivity index (χ1) is 6.72. The van der Waals surface area contributed by atoms with E-state index in [0.717, 1.165) is 17.8 Å². The molecule has 1 aliphatic heterocycles. The number of benzene rings is 1. The molecule has 0 bridgehead atoms. The van der Waals surface area contributed by atoms with Gasteiger partial charge in [0.15, 0.2) is 0 Å². The topological polar surface area (TPSA) is 67.1 Å². The Morgan fingerprint density at radius 2 is 2.36 bits per heavy atom. The summed E-state index contributed by atoms with van der Waals surface area (Å²) in [4.78, 5) is 11.3. The van der Waals surface area contributed by atoms with Crippen molar-refractivity contribution in [3.8, 4) is 0 Å². The Hall–Kier alpha value is -1.71. The molecule has 2 rings (SSSR count). The molecule has 4 N–H and O–H groups in total. The second-order valence-corrected chi connectivity index (χ2v) is 3.31. The Labute approximate surface area is 82.5 Å². The number of hydrogen-bond acceptors (Lipinski definition) is 3. The minimum atomic E-state index is -0.0326. The van der Waals surface area contributed by atoms with Gasteiger partial charge in [0, 0.05) is 18.7 Å². The second-order valence-electron chi connectivity index (χ2n) is 3.31. The smallest absolute Gasteiger partial charge is 0.251 e. The van der Waals surface area contributed by atoms with Gasteiger partial charge in [0.25, 0.3) is 5.91 Å². The van der Waals surface area contributed by atoms with Gasteiger partial charge in [-0.25, -0.2) is 0 Å². The number of nitrogen functional groups attached to an aromatic ring is 1. The van der Waals surface area contributed by atoms with E-state index in [0.29, 0.717) is 17.8 Å². The molecule has 0 unspecified atom stereocenters. The van der Waals surface area contributed by atoms with Crippen LogP contribution in [0, 0.1) is 0 Å². The van der Waals surface area contributed by atoms with Crippen LogP contribution in [0.25, 0.3) is 0 Å². The van der Waals surface area contributed by atoms with Gasteiger partial charge in [-0.15, -0.1) is 0 Å². The highest BCUT2D eigenvalue weighted by atomic mass is 16.1. The summed E-state index contributed by atoms with van der Waals surface area (Å²) in [5.41, 5.74) is 9.04. The number of nitrogens with two attached hydrogens (primary N) is 1. The number of rotatable bonds is 2. The molecule has 4 nitrogen and oxygen atoms in total. The lowest BCUT2D eigenvalue weighted by molar-refractivity contribution is 0.0966. The van der Waals surface area contributed by atoms with Crippen LogP contribution in [0.5, 0.6) is 0 Å². The molecule has 0 spiro atoms. The maximum absolute atomic E-state index is 11.3. The summed E-state index contributed by atoms with van der Waals surface area (Å²) < 4.78 is 0. The summed E-state index contributed by atoms with van der Waals surface area (Å²) in [7, 11) is 0. The average Bonchev–Trinajstić information content (AvgIpc) is 2.50. The van der Waals surface area contributed by atoms with Crippen LogP contribution >= 0.6 is 0 Å². The number of hydrogen-bond donors (Lipinski definition) is 3. The van der Waals surface area contributed by atoms with Crippen molar-refractivity contribution >= 4 is 17.3 Å². The largest absolute Gasteiger partial charge is 0.397 e. The summed E-state index contributed by atoms with van der Waals surface area (Å²) >= 11 is 0. The summed E-state index contributed by atoms with van der Waals surface area (Å²) in [5.74, 6) is -0.0326. The van der Waals surface area contributed by atoms with E-state index in [-0.39, 0.29) is 5.91 Å². The van der Waals surface area contributed by atoms with Crippen LogP contribution in [-0.4, -0.2) is 12.5 Å². The minimum Gasteiger partial charge on any atom is -0.397 e. The third kappa shape index (κ3) is 1.28. The Balaban J connectivity index is 2.44. The zero-order valence-electron chi connectivity index (χ0n) is 8.05. The number of carbonyl (C=O) groups is 1. The van der Waals surface area contributed by atoms with Gasteiger partial charge in [0.1, 0.15) is 0 Å². The Morgan fingerprint density at radius 1 is 1.57 bits per heavy atom. The molecule has 1 amide bonds. The number of anilines is 2. The fourth-order valence-corrected chi connectivity index (χ4v) is 1.63. The van der Waals surface area contributed by atoms with E-state index in [1.165, 1.54) is 0 Å². The summed E-state index contributed by atoms with van der Waals surface area (Å²) in [6.07, 6.45) is 0. The third-order valence-electron chi connectivity index (χ3n) is 2.33. The fraction of sp³-hybridized carbons (Fsp3) is 0.300. The van der Waals surface area contributed by atoms with Crippen LogP contribution < -0.4 is 16.4 Å². The highest BCUT2D eigenvalue weighted by molar-refractivity contribution is 6.00. The van der Waals surface area contributed by atoms with Gasteiger partial charge in [-0.05, 0) is 24.6 Å². The number of carbonyl (C=O) groups excluding carboxylic acids is 1. The van der Waals surface area contributed by atoms with Gasteiger partial charge in [0.05, 0.1) is 11.4 Å². The number of nitrogens with one attached hydrogen (secondary N) is 2. The molecule has 74 valence electrons. The van der Waals surface area contributed by atoms with Gasteiger partial charge in [0.2, 0.25) is 0 Å². The predicted molar refractivity (Wildman–Crippen MR) is 56.2 cm³/mol. The Bertz CT molecular complexity index is 387. The van der Waals surface area contributed by atoms with Crippen molar-refractivity contribution < 1.29 is 4.79 Å². The summed E-state index contributed by atoms with van der Waals surface area (Å²) in [6.45, 7) is 3.44. The van der Waals surface area contributed by atoms with Crippen molar-refractivity contribution in [2.24, 2.45) is 0 Å². The highest BCUT2D eigenvalue weighted by Crippen LogP contribution is 2.26. The van der Waals surface area contributed by atoms with Gasteiger partial charge >= 0.3 is 0 Å². The molecule has 0 radical (unpaired) electrons. The molecular formula is C10H13N3O. The molecule has 0 saturated heterocycles. The molecule has 1 aliphatic rings. The minimum absolute atomic E-state index is 0.0326. The number of fused-ring (bicyclic) bond motifs is 1. The standard InChI is InChI=1S/C10H13N3O/c1-2-12-9-3-6-5-13-10(14)7(6)4-8(9)11/h3-4,12H,2,5,11H2,1H3,(H,13,14). The highest BCUT2D eigenvalue weighted by Gasteiger charge is 2.19. The maximum atomic E-state index is 11.3. The van der Waals surface area contributed by atoms with Gasteiger partial charge in [-0.3, -0.25) is 4.79 Å². The zero-order chi connectivity index (χ0) is 10.1. The molecule has 1 aromatic carbocycles. The van der Waals surface area contributed by atoms with Crippen LogP contribution in [0.1, 0.15) is 22.8 Å². The molecule has 1 aromatic rings. The first-order valence-electron chi connectivity index (χ1n) is 4.67. The molecule has 0 aliphatic carbocycles. The molecule has 0 fully saturated rings. The van der Waals surface area contributed by atoms with Crippen LogP contribution in [-0.2, 0) is 6.54 Å². The van der Waals surface area contributed by atoms with E-state index in [4.69, 9.17) is 5.73 Å². The zero-order valence-corrected chi connectivity index (χ0v) is 8.05. The van der Waals surface area contributed by atoms with E-state index in [9.17, 15) is 4.79 Å².